The van der Waals surface area contributed by atoms with Crippen molar-refractivity contribution in [3.63, 3.8) is 0 Å². The van der Waals surface area contributed by atoms with Crippen LogP contribution >= 0.6 is 17.0 Å². The van der Waals surface area contributed by atoms with Crippen LogP contribution < -0.4 is 14.2 Å². The zero-order chi connectivity index (χ0) is 25.9. The van der Waals surface area contributed by atoms with E-state index >= 15 is 4.39 Å². The van der Waals surface area contributed by atoms with Crippen LogP contribution in [0.25, 0.3) is 0 Å². The second kappa shape index (κ2) is 11.9. The summed E-state index contributed by atoms with van der Waals surface area (Å²) in [4.78, 5) is 14.8. The summed E-state index contributed by atoms with van der Waals surface area (Å²) < 4.78 is 31.1. The Morgan fingerprint density at radius 3 is 2.42 bits per heavy atom. The summed E-state index contributed by atoms with van der Waals surface area (Å²) in [5.41, 5.74) is 1.04. The Labute approximate surface area is 221 Å². The number of rotatable bonds is 10. The highest BCUT2D eigenvalue weighted by Crippen LogP contribution is 2.40. The molecule has 0 fully saturated rings. The lowest BCUT2D eigenvalue weighted by Gasteiger charge is -2.24. The number of benzene rings is 2. The van der Waals surface area contributed by atoms with Crippen molar-refractivity contribution < 1.29 is 33.6 Å². The van der Waals surface area contributed by atoms with Crippen molar-refractivity contribution in [2.24, 2.45) is 0 Å². The number of ether oxygens (including phenoxy) is 3. The van der Waals surface area contributed by atoms with Crippen LogP contribution in [0.3, 0.4) is 0 Å². The molecule has 3 rings (SSSR count). The molecule has 10 heteroatoms. The van der Waals surface area contributed by atoms with Gasteiger partial charge in [0.1, 0.15) is 5.84 Å². The van der Waals surface area contributed by atoms with Crippen LogP contribution in [0.2, 0.25) is 0 Å². The van der Waals surface area contributed by atoms with E-state index in [1.807, 2.05) is 20.8 Å². The number of aliphatic hydroxyl groups excluding tert-OH is 1. The first-order valence-corrected chi connectivity index (χ1v) is 11.4. The van der Waals surface area contributed by atoms with Gasteiger partial charge >= 0.3 is 0 Å². The minimum absolute atomic E-state index is 0. The van der Waals surface area contributed by atoms with Gasteiger partial charge in [-0.25, -0.2) is 4.39 Å². The van der Waals surface area contributed by atoms with E-state index in [9.17, 15) is 9.90 Å². The summed E-state index contributed by atoms with van der Waals surface area (Å²) in [6.07, 6.45) is 1.16. The number of Topliss-reactive ketones (excluding diaryl/α,β-unsaturated/α-hetero) is 1. The van der Waals surface area contributed by atoms with Gasteiger partial charge in [0.25, 0.3) is 0 Å². The number of hydrogen-bond acceptors (Lipinski definition) is 7. The number of ketones is 1. The molecule has 36 heavy (non-hydrogen) atoms. The van der Waals surface area contributed by atoms with E-state index in [-0.39, 0.29) is 83.5 Å². The van der Waals surface area contributed by atoms with Gasteiger partial charge in [0.15, 0.2) is 34.6 Å². The number of carbonyl (C=O) groups excluding carboxylic acids is 1. The fourth-order valence-electron chi connectivity index (χ4n) is 4.07. The third-order valence-corrected chi connectivity index (χ3v) is 5.96. The van der Waals surface area contributed by atoms with E-state index < -0.39 is 11.2 Å². The maximum atomic E-state index is 15.0. The average Bonchev–Trinajstić information content (AvgIpc) is 3.11. The molecule has 0 aliphatic carbocycles. The lowest BCUT2D eigenvalue weighted by molar-refractivity contribution is 0.0962. The molecule has 0 aromatic heterocycles. The minimum atomic E-state index is -0.694. The first kappa shape index (κ1) is 29.4. The van der Waals surface area contributed by atoms with Gasteiger partial charge in [0.2, 0.25) is 0 Å². The summed E-state index contributed by atoms with van der Waals surface area (Å²) in [7, 11) is 2.74. The molecule has 0 bridgehead atoms. The average molecular weight is 569 g/mol. The Balaban J connectivity index is 0.00000456. The monoisotopic (exact) mass is 568 g/mol. The molecule has 1 aliphatic heterocycles. The first-order chi connectivity index (χ1) is 16.5. The van der Waals surface area contributed by atoms with Crippen molar-refractivity contribution in [1.29, 1.82) is 5.41 Å². The molecule has 0 spiro atoms. The summed E-state index contributed by atoms with van der Waals surface area (Å²) >= 11 is 0. The summed E-state index contributed by atoms with van der Waals surface area (Å²) in [5, 5.41) is 28.2. The van der Waals surface area contributed by atoms with E-state index in [0.29, 0.717) is 29.5 Å². The van der Waals surface area contributed by atoms with Crippen LogP contribution in [0, 0.1) is 11.2 Å². The number of aliphatic hydroxyl groups is 1. The molecule has 0 unspecified atom stereocenters. The molecule has 3 N–H and O–H groups in total. The van der Waals surface area contributed by atoms with Crippen molar-refractivity contribution in [3.8, 4) is 23.0 Å². The third kappa shape index (κ3) is 5.92. The Bertz CT molecular complexity index is 1130. The van der Waals surface area contributed by atoms with E-state index in [0.717, 1.165) is 0 Å². The van der Waals surface area contributed by atoms with E-state index in [2.05, 4.69) is 0 Å². The molecule has 1 aliphatic rings. The van der Waals surface area contributed by atoms with Crippen molar-refractivity contribution in [2.45, 2.75) is 45.6 Å². The van der Waals surface area contributed by atoms with Gasteiger partial charge in [-0.1, -0.05) is 20.8 Å². The lowest BCUT2D eigenvalue weighted by Crippen LogP contribution is -2.30. The first-order valence-electron chi connectivity index (χ1n) is 11.4. The van der Waals surface area contributed by atoms with Crippen LogP contribution in [0.5, 0.6) is 23.0 Å². The van der Waals surface area contributed by atoms with Crippen LogP contribution in [0.4, 0.5) is 4.39 Å². The number of unbranched alkanes of at least 4 members (excludes halogenated alkanes) is 1. The van der Waals surface area contributed by atoms with Crippen molar-refractivity contribution >= 4 is 28.6 Å². The number of phenolic OH excluding ortho intramolecular Hbond substituents is 1. The predicted octanol–water partition coefficient (Wildman–Crippen LogP) is 4.60. The number of aromatic hydroxyl groups is 1. The fourth-order valence-corrected chi connectivity index (χ4v) is 4.07. The number of nitrogens with one attached hydrogen (secondary N) is 1. The van der Waals surface area contributed by atoms with Gasteiger partial charge in [0, 0.05) is 24.3 Å². The standard InChI is InChI=1S/C26H33FN2O6.BrH/c1-26(2,3)17-10-15(11-19(23(17)32)35-9-7-6-8-30)18(31)14-29-13-16-12-20(33-4)24(34-5)22(27)21(16)25(29)28;/h10-12,28,30,32H,6-9,13-14H2,1-5H3;1H. The van der Waals surface area contributed by atoms with E-state index in [4.69, 9.17) is 24.7 Å². The summed E-state index contributed by atoms with van der Waals surface area (Å²) in [6.45, 7) is 6.10. The summed E-state index contributed by atoms with van der Waals surface area (Å²) in [5.74, 6) is -0.795. The number of phenols is 1. The molecule has 2 aromatic carbocycles. The molecule has 0 amide bonds. The van der Waals surface area contributed by atoms with Crippen molar-refractivity contribution in [2.75, 3.05) is 34.0 Å². The number of halogens is 2. The van der Waals surface area contributed by atoms with Crippen LogP contribution in [0.1, 0.15) is 60.7 Å². The quantitative estimate of drug-likeness (QED) is 0.283. The molecule has 0 radical (unpaired) electrons. The number of fused-ring (bicyclic) bond motifs is 1. The van der Waals surface area contributed by atoms with Gasteiger partial charge in [-0.3, -0.25) is 10.2 Å². The van der Waals surface area contributed by atoms with Gasteiger partial charge in [-0.2, -0.15) is 0 Å². The topological polar surface area (TPSA) is 112 Å². The van der Waals surface area contributed by atoms with Gasteiger partial charge in [0.05, 0.1) is 32.9 Å². The number of methoxy groups -OCH3 is 2. The molecule has 0 saturated carbocycles. The predicted molar refractivity (Wildman–Crippen MR) is 140 cm³/mol. The van der Waals surface area contributed by atoms with Crippen molar-refractivity contribution in [1.82, 2.24) is 4.90 Å². The SMILES string of the molecule is Br.COc1cc2c(c(F)c1OC)C(=N)N(CC(=O)c1cc(OCCCCO)c(O)c(C(C)(C)C)c1)C2. The van der Waals surface area contributed by atoms with E-state index in [1.54, 1.807) is 12.1 Å². The van der Waals surface area contributed by atoms with Crippen LogP contribution in [0.15, 0.2) is 18.2 Å². The molecule has 2 aromatic rings. The number of nitrogens with zero attached hydrogens (tertiary/aromatic N) is 1. The Morgan fingerprint density at radius 2 is 1.83 bits per heavy atom. The van der Waals surface area contributed by atoms with Crippen LogP contribution in [-0.4, -0.2) is 60.7 Å². The molecular weight excluding hydrogens is 535 g/mol. The Hall–Kier alpha value is -2.85. The Morgan fingerprint density at radius 1 is 1.14 bits per heavy atom. The van der Waals surface area contributed by atoms with Crippen molar-refractivity contribution in [3.05, 3.63) is 46.3 Å². The maximum Gasteiger partial charge on any atom is 0.197 e. The highest BCUT2D eigenvalue weighted by atomic mass is 79.9. The zero-order valence-electron chi connectivity index (χ0n) is 21.2. The minimum Gasteiger partial charge on any atom is -0.504 e. The smallest absolute Gasteiger partial charge is 0.197 e. The van der Waals surface area contributed by atoms with Crippen LogP contribution in [-0.2, 0) is 12.0 Å². The zero-order valence-corrected chi connectivity index (χ0v) is 22.9. The molecule has 198 valence electrons. The Kier molecular flexibility index (Phi) is 9.73. The number of amidine groups is 1. The molecule has 1 heterocycles. The number of carbonyl (C=O) groups is 1. The highest BCUT2D eigenvalue weighted by Gasteiger charge is 2.33. The molecule has 8 nitrogen and oxygen atoms in total. The van der Waals surface area contributed by atoms with E-state index in [1.165, 1.54) is 25.2 Å². The maximum absolute atomic E-state index is 15.0. The molecule has 0 atom stereocenters. The molecular formula is C26H34BrFN2O6. The molecule has 0 saturated heterocycles. The van der Waals surface area contributed by atoms with Gasteiger partial charge < -0.3 is 29.3 Å². The lowest BCUT2D eigenvalue weighted by atomic mass is 9.84. The largest absolute Gasteiger partial charge is 0.504 e. The fraction of sp³-hybridized carbons (Fsp3) is 0.462. The van der Waals surface area contributed by atoms with Gasteiger partial charge in [-0.15, -0.1) is 17.0 Å². The summed E-state index contributed by atoms with van der Waals surface area (Å²) in [6, 6.07) is 4.75. The van der Waals surface area contributed by atoms with Gasteiger partial charge in [-0.05, 0) is 42.0 Å². The second-order valence-corrected chi connectivity index (χ2v) is 9.49. The normalized spacial score (nSPS) is 12.8. The second-order valence-electron chi connectivity index (χ2n) is 9.49. The highest BCUT2D eigenvalue weighted by molar-refractivity contribution is 8.93. The number of hydrogen-bond donors (Lipinski definition) is 3. The third-order valence-electron chi connectivity index (χ3n) is 5.96.